The third-order valence-electron chi connectivity index (χ3n) is 7.92. The van der Waals surface area contributed by atoms with E-state index in [1.54, 1.807) is 24.3 Å². The van der Waals surface area contributed by atoms with Crippen LogP contribution >= 0.6 is 0 Å². The molecule has 0 atom stereocenters. The summed E-state index contributed by atoms with van der Waals surface area (Å²) in [5, 5.41) is 40.7. The topological polar surface area (TPSA) is 179 Å². The summed E-state index contributed by atoms with van der Waals surface area (Å²) in [7, 11) is 0. The molecule has 2 aliphatic rings. The molecule has 2 heterocycles. The van der Waals surface area contributed by atoms with Crippen LogP contribution in [0.2, 0.25) is 0 Å². The molecule has 4 aromatic rings. The van der Waals surface area contributed by atoms with Crippen molar-refractivity contribution in [1.29, 1.82) is 0 Å². The summed E-state index contributed by atoms with van der Waals surface area (Å²) in [4.78, 5) is 26.5. The number of anilines is 2. The van der Waals surface area contributed by atoms with Crippen LogP contribution < -0.4 is 28.7 Å². The van der Waals surface area contributed by atoms with Gasteiger partial charge in [-0.15, -0.1) is 20.5 Å². The highest BCUT2D eigenvalue weighted by atomic mass is 17.0. The summed E-state index contributed by atoms with van der Waals surface area (Å²) in [6, 6.07) is 18.0. The number of nitrogens with zero attached hydrogens (tertiary/aromatic N) is 8. The Morgan fingerprint density at radius 1 is 0.529 bits per heavy atom. The predicted molar refractivity (Wildman–Crippen MR) is 191 cm³/mol. The van der Waals surface area contributed by atoms with Gasteiger partial charge in [0.25, 0.3) is 11.4 Å². The molecule has 0 saturated carbocycles. The number of azo groups is 2. The number of benzene rings is 4. The van der Waals surface area contributed by atoms with Gasteiger partial charge in [-0.1, -0.05) is 13.8 Å². The second kappa shape index (κ2) is 15.5. The van der Waals surface area contributed by atoms with Gasteiger partial charge in [-0.3, -0.25) is 20.2 Å². The fourth-order valence-electron chi connectivity index (χ4n) is 5.35. The molecule has 0 bridgehead atoms. The third-order valence-corrected chi connectivity index (χ3v) is 7.92. The Bertz CT molecular complexity index is 1840. The van der Waals surface area contributed by atoms with Gasteiger partial charge in [-0.25, -0.2) is 0 Å². The van der Waals surface area contributed by atoms with Crippen molar-refractivity contribution < 1.29 is 28.8 Å². The van der Waals surface area contributed by atoms with E-state index in [2.05, 4.69) is 30.3 Å². The maximum atomic E-state index is 11.7. The van der Waals surface area contributed by atoms with Crippen LogP contribution in [0, 0.1) is 20.2 Å². The monoisotopic (exact) mass is 698 g/mol. The molecule has 16 nitrogen and oxygen atoms in total. The van der Waals surface area contributed by atoms with E-state index in [-0.39, 0.29) is 57.1 Å². The summed E-state index contributed by atoms with van der Waals surface area (Å²) >= 11 is 0. The molecule has 0 unspecified atom stereocenters. The molecule has 0 aliphatic carbocycles. The molecule has 1 spiro atoms. The lowest BCUT2D eigenvalue weighted by atomic mass is 10.2. The van der Waals surface area contributed by atoms with Crippen LogP contribution in [0.4, 0.5) is 45.5 Å². The van der Waals surface area contributed by atoms with Crippen molar-refractivity contribution in [3.05, 3.63) is 93.0 Å². The first kappa shape index (κ1) is 36.0. The minimum Gasteiger partial charge on any atom is -0.384 e. The van der Waals surface area contributed by atoms with Gasteiger partial charge in [-0.2, -0.15) is 0 Å². The average molecular weight is 699 g/mol. The zero-order valence-electron chi connectivity index (χ0n) is 29.1. The highest BCUT2D eigenvalue weighted by Gasteiger charge is 2.47. The first-order chi connectivity index (χ1) is 24.6. The van der Waals surface area contributed by atoms with Crippen LogP contribution in [0.25, 0.3) is 0 Å². The highest BCUT2D eigenvalue weighted by Crippen LogP contribution is 2.47. The zero-order valence-corrected chi connectivity index (χ0v) is 29.1. The van der Waals surface area contributed by atoms with E-state index in [0.29, 0.717) is 26.2 Å². The maximum absolute atomic E-state index is 11.7. The summed E-state index contributed by atoms with van der Waals surface area (Å²) in [5.41, 5.74) is 1.51. The van der Waals surface area contributed by atoms with E-state index < -0.39 is 16.0 Å². The molecule has 6 rings (SSSR count). The Kier molecular flexibility index (Phi) is 10.9. The normalized spacial score (nSPS) is 15.3. The van der Waals surface area contributed by atoms with Crippen molar-refractivity contribution >= 4 is 45.5 Å². The van der Waals surface area contributed by atoms with Gasteiger partial charge in [-0.05, 0) is 64.1 Å². The summed E-state index contributed by atoms with van der Waals surface area (Å²) in [6.45, 7) is 14.8. The van der Waals surface area contributed by atoms with E-state index in [1.807, 2.05) is 53.7 Å². The van der Waals surface area contributed by atoms with E-state index in [4.69, 9.17) is 18.9 Å². The van der Waals surface area contributed by atoms with Crippen LogP contribution in [0.15, 0.2) is 93.3 Å². The fourth-order valence-corrected chi connectivity index (χ4v) is 5.35. The average Bonchev–Trinajstić information content (AvgIpc) is 3.23. The van der Waals surface area contributed by atoms with Gasteiger partial charge in [0, 0.05) is 74.0 Å². The van der Waals surface area contributed by atoms with Gasteiger partial charge < -0.3 is 28.7 Å². The predicted octanol–water partition coefficient (Wildman–Crippen LogP) is 9.91. The number of hydrogen-bond donors (Lipinski definition) is 0. The Hall–Kier alpha value is -6.32. The van der Waals surface area contributed by atoms with Crippen molar-refractivity contribution in [1.82, 2.24) is 0 Å². The van der Waals surface area contributed by atoms with Crippen LogP contribution in [0.1, 0.15) is 41.5 Å². The molecular weight excluding hydrogens is 660 g/mol. The molecule has 0 amide bonds. The van der Waals surface area contributed by atoms with E-state index >= 15 is 0 Å². The van der Waals surface area contributed by atoms with Crippen molar-refractivity contribution in [2.24, 2.45) is 20.5 Å². The number of nitro groups is 2. The van der Waals surface area contributed by atoms with Gasteiger partial charge in [0.2, 0.25) is 0 Å². The van der Waals surface area contributed by atoms with Crippen molar-refractivity contribution in [3.8, 4) is 23.0 Å². The Labute approximate surface area is 294 Å². The number of rotatable bonds is 8. The standard InChI is InChI=1S/C33H32N8O8.C2H6/c1-5-38(6-2)21-9-13-25-31(19-21)48-33(46-29-15-11-23(40(42)43)17-27(29)36-34-25)47-30-16-12-24(41(44)45)18-28(30)37-35-26-14-10-22(20-32(26)49-33)39(7-3)8-4;1-2/h9-20H,5-8H2,1-4H3;1-2H3. The van der Waals surface area contributed by atoms with Crippen molar-refractivity contribution in [2.45, 2.75) is 47.7 Å². The van der Waals surface area contributed by atoms with Gasteiger partial charge in [0.15, 0.2) is 23.0 Å². The lowest BCUT2D eigenvalue weighted by molar-refractivity contribution is -0.385. The number of nitro benzene ring substituents is 2. The van der Waals surface area contributed by atoms with Gasteiger partial charge >= 0.3 is 6.16 Å². The number of fused-ring (bicyclic) bond motifs is 4. The van der Waals surface area contributed by atoms with E-state index in [0.717, 1.165) is 11.4 Å². The highest BCUT2D eigenvalue weighted by molar-refractivity contribution is 5.66. The van der Waals surface area contributed by atoms with E-state index in [9.17, 15) is 20.2 Å². The summed E-state index contributed by atoms with van der Waals surface area (Å²) in [6.07, 6.45) is -2.53. The minimum absolute atomic E-state index is 0.0136. The quantitative estimate of drug-likeness (QED) is 0.127. The number of hydrogen-bond acceptors (Lipinski definition) is 14. The van der Waals surface area contributed by atoms with Crippen LogP contribution in [-0.2, 0) is 0 Å². The van der Waals surface area contributed by atoms with E-state index in [1.165, 1.54) is 36.4 Å². The lowest BCUT2D eigenvalue weighted by Crippen LogP contribution is -2.53. The Morgan fingerprint density at radius 2 is 0.882 bits per heavy atom. The molecule has 51 heavy (non-hydrogen) atoms. The smallest absolute Gasteiger partial charge is 0.384 e. The minimum atomic E-state index is -2.53. The maximum Gasteiger partial charge on any atom is 0.611 e. The molecule has 266 valence electrons. The second-order valence-electron chi connectivity index (χ2n) is 10.8. The number of non-ortho nitro benzene ring substituents is 2. The molecule has 0 N–H and O–H groups in total. The molecule has 0 fully saturated rings. The second-order valence-corrected chi connectivity index (χ2v) is 10.8. The van der Waals surface area contributed by atoms with Crippen molar-refractivity contribution in [3.63, 3.8) is 0 Å². The van der Waals surface area contributed by atoms with Crippen LogP contribution in [0.3, 0.4) is 0 Å². The van der Waals surface area contributed by atoms with Crippen molar-refractivity contribution in [2.75, 3.05) is 36.0 Å². The first-order valence-corrected chi connectivity index (χ1v) is 16.6. The largest absolute Gasteiger partial charge is 0.611 e. The molecule has 0 aromatic heterocycles. The SMILES string of the molecule is CC.CCN(CC)c1ccc2c(c1)OC1(Oc3ccc([N+](=O)[O-])cc3N=N2)Oc2ccc([N+](=O)[O-])cc2N=Nc2ccc(N(CC)CC)cc2O1. The lowest BCUT2D eigenvalue weighted by Gasteiger charge is -2.33. The Balaban J connectivity index is 0.00000248. The first-order valence-electron chi connectivity index (χ1n) is 16.6. The molecule has 0 radical (unpaired) electrons. The molecular formula is C35H38N8O8. The van der Waals surface area contributed by atoms with Gasteiger partial charge in [0.1, 0.15) is 22.7 Å². The Morgan fingerprint density at radius 3 is 1.24 bits per heavy atom. The molecule has 2 aliphatic heterocycles. The fraction of sp³-hybridized carbons (Fsp3) is 0.314. The zero-order chi connectivity index (χ0) is 36.7. The summed E-state index contributed by atoms with van der Waals surface area (Å²) in [5.74, 6) is 0.190. The van der Waals surface area contributed by atoms with Crippen LogP contribution in [-0.4, -0.2) is 42.2 Å². The molecule has 16 heteroatoms. The van der Waals surface area contributed by atoms with Gasteiger partial charge in [0.05, 0.1) is 9.85 Å². The molecule has 0 saturated heterocycles. The molecule has 4 aromatic carbocycles. The van der Waals surface area contributed by atoms with Crippen LogP contribution in [0.5, 0.6) is 23.0 Å². The third kappa shape index (κ3) is 7.64. The number of ether oxygens (including phenoxy) is 4. The summed E-state index contributed by atoms with van der Waals surface area (Å²) < 4.78 is 26.0.